The fourth-order valence-electron chi connectivity index (χ4n) is 6.24. The number of nitrogens with zero attached hydrogens (tertiary/aromatic N) is 4. The average Bonchev–Trinajstić information content (AvgIpc) is 3.84. The molecule has 10 heteroatoms. The summed E-state index contributed by atoms with van der Waals surface area (Å²) >= 11 is 0. The molecule has 1 aliphatic carbocycles. The molecule has 1 saturated carbocycles. The molecule has 2 aromatic heterocycles. The second kappa shape index (κ2) is 12.6. The lowest BCUT2D eigenvalue weighted by molar-refractivity contribution is -0.0590. The number of Topliss-reactive ketones (excluding diaryl/α,β-unsaturated/α-hetero) is 1. The van der Waals surface area contributed by atoms with Gasteiger partial charge in [-0.05, 0) is 68.4 Å². The van der Waals surface area contributed by atoms with E-state index in [1.54, 1.807) is 24.3 Å². The van der Waals surface area contributed by atoms with Gasteiger partial charge >= 0.3 is 5.97 Å². The molecule has 3 fully saturated rings. The van der Waals surface area contributed by atoms with Crippen LogP contribution in [-0.2, 0) is 29.0 Å². The van der Waals surface area contributed by atoms with E-state index in [1.165, 1.54) is 13.2 Å². The van der Waals surface area contributed by atoms with Crippen LogP contribution in [0.25, 0.3) is 11.0 Å². The van der Waals surface area contributed by atoms with Gasteiger partial charge in [-0.15, -0.1) is 0 Å². The van der Waals surface area contributed by atoms with Gasteiger partial charge in [0, 0.05) is 49.2 Å². The Balaban J connectivity index is 0.981. The average molecular weight is 613 g/mol. The molecule has 234 valence electrons. The van der Waals surface area contributed by atoms with E-state index in [4.69, 9.17) is 24.2 Å². The third kappa shape index (κ3) is 6.42. The predicted octanol–water partition coefficient (Wildman–Crippen LogP) is 5.78. The van der Waals surface area contributed by atoms with Gasteiger partial charge in [-0.2, -0.15) is 4.98 Å². The molecule has 7 rings (SSSR count). The number of ether oxygens (including phenoxy) is 3. The minimum Gasteiger partial charge on any atom is -0.473 e. The number of carbonyl (C=O) groups is 2. The maximum atomic E-state index is 14.7. The molecule has 0 spiro atoms. The number of imidazole rings is 1. The van der Waals surface area contributed by atoms with Crippen molar-refractivity contribution in [3.63, 3.8) is 0 Å². The standard InChI is InChI=1S/C35H37FN4O5/c1-43-35(42)25-9-10-29-30(19-25)40(20-27-13-16-44-27)32(37-29)17-22-11-14-39(15-12-22)31-3-2-4-33(38-31)45-21-26-8-7-24(18-28(26)36)34(41)23-5-6-23/h2-4,7-10,18-19,22-23,27H,5-6,11-17,20-21H2,1H3/t27-/m0/s1. The Kier molecular flexibility index (Phi) is 8.23. The molecule has 1 atom stereocenters. The van der Waals surface area contributed by atoms with E-state index in [9.17, 15) is 14.0 Å². The predicted molar refractivity (Wildman–Crippen MR) is 166 cm³/mol. The normalized spacial score (nSPS) is 18.5. The molecule has 0 radical (unpaired) electrons. The number of anilines is 1. The number of aromatic nitrogens is 3. The molecule has 3 aliphatic rings. The second-order valence-electron chi connectivity index (χ2n) is 12.3. The smallest absolute Gasteiger partial charge is 0.337 e. The van der Waals surface area contributed by atoms with Crippen LogP contribution in [0.1, 0.15) is 64.2 Å². The lowest BCUT2D eigenvalue weighted by Gasteiger charge is -2.33. The molecule has 2 saturated heterocycles. The van der Waals surface area contributed by atoms with E-state index in [0.717, 1.165) is 87.4 Å². The van der Waals surface area contributed by atoms with Crippen LogP contribution in [0.2, 0.25) is 0 Å². The Morgan fingerprint density at radius 2 is 1.78 bits per heavy atom. The van der Waals surface area contributed by atoms with Gasteiger partial charge in [0.05, 0.1) is 36.4 Å². The number of hydrogen-bond acceptors (Lipinski definition) is 8. The number of halogens is 1. The van der Waals surface area contributed by atoms with Crippen molar-refractivity contribution in [1.29, 1.82) is 0 Å². The van der Waals surface area contributed by atoms with Crippen molar-refractivity contribution in [1.82, 2.24) is 14.5 Å². The minimum absolute atomic E-state index is 0.0238. The maximum absolute atomic E-state index is 14.7. The first-order chi connectivity index (χ1) is 21.9. The fraction of sp³-hybridized carbons (Fsp3) is 0.429. The Morgan fingerprint density at radius 1 is 0.978 bits per heavy atom. The summed E-state index contributed by atoms with van der Waals surface area (Å²) in [4.78, 5) is 36.4. The summed E-state index contributed by atoms with van der Waals surface area (Å²) in [6.07, 6.45) is 5.79. The zero-order chi connectivity index (χ0) is 30.9. The van der Waals surface area contributed by atoms with Crippen molar-refractivity contribution < 1.29 is 28.2 Å². The highest BCUT2D eigenvalue weighted by Gasteiger charge is 2.31. The zero-order valence-corrected chi connectivity index (χ0v) is 25.4. The molecular weight excluding hydrogens is 575 g/mol. The largest absolute Gasteiger partial charge is 0.473 e. The van der Waals surface area contributed by atoms with Crippen LogP contribution in [0.5, 0.6) is 5.88 Å². The summed E-state index contributed by atoms with van der Waals surface area (Å²) < 4.78 is 33.5. The molecule has 0 bridgehead atoms. The molecule has 0 amide bonds. The first-order valence-corrected chi connectivity index (χ1v) is 15.8. The van der Waals surface area contributed by atoms with Crippen molar-refractivity contribution in [2.24, 2.45) is 11.8 Å². The number of ketones is 1. The van der Waals surface area contributed by atoms with Gasteiger partial charge in [0.25, 0.3) is 0 Å². The summed E-state index contributed by atoms with van der Waals surface area (Å²) in [5.41, 5.74) is 3.15. The highest BCUT2D eigenvalue weighted by Crippen LogP contribution is 2.33. The lowest BCUT2D eigenvalue weighted by atomic mass is 9.93. The van der Waals surface area contributed by atoms with E-state index in [-0.39, 0.29) is 30.4 Å². The molecule has 0 unspecified atom stereocenters. The van der Waals surface area contributed by atoms with E-state index >= 15 is 0 Å². The van der Waals surface area contributed by atoms with Crippen LogP contribution >= 0.6 is 0 Å². The van der Waals surface area contributed by atoms with E-state index in [2.05, 4.69) is 9.47 Å². The Hall–Kier alpha value is -4.31. The number of hydrogen-bond donors (Lipinski definition) is 0. The summed E-state index contributed by atoms with van der Waals surface area (Å²) in [6, 6.07) is 15.8. The van der Waals surface area contributed by atoms with Gasteiger partial charge in [0.15, 0.2) is 5.78 Å². The van der Waals surface area contributed by atoms with Gasteiger partial charge in [0.1, 0.15) is 24.1 Å². The third-order valence-electron chi connectivity index (χ3n) is 9.21. The van der Waals surface area contributed by atoms with E-state index < -0.39 is 5.82 Å². The van der Waals surface area contributed by atoms with E-state index in [1.807, 2.05) is 24.3 Å². The zero-order valence-electron chi connectivity index (χ0n) is 25.4. The molecule has 0 N–H and O–H groups in total. The van der Waals surface area contributed by atoms with Crippen molar-refractivity contribution in [3.05, 3.63) is 82.9 Å². The van der Waals surface area contributed by atoms with Crippen LogP contribution in [-0.4, -0.2) is 59.2 Å². The van der Waals surface area contributed by atoms with Crippen molar-refractivity contribution >= 4 is 28.6 Å². The summed E-state index contributed by atoms with van der Waals surface area (Å²) in [6.45, 7) is 3.25. The molecule has 4 aromatic rings. The summed E-state index contributed by atoms with van der Waals surface area (Å²) in [5.74, 6) is 2.04. The van der Waals surface area contributed by atoms with Crippen LogP contribution in [0.4, 0.5) is 10.2 Å². The monoisotopic (exact) mass is 612 g/mol. The third-order valence-corrected chi connectivity index (χ3v) is 9.21. The first-order valence-electron chi connectivity index (χ1n) is 15.8. The topological polar surface area (TPSA) is 95.8 Å². The molecule has 45 heavy (non-hydrogen) atoms. The van der Waals surface area contributed by atoms with E-state index in [0.29, 0.717) is 28.5 Å². The Labute approximate surface area is 261 Å². The number of pyridine rings is 1. The van der Waals surface area contributed by atoms with Crippen molar-refractivity contribution in [2.75, 3.05) is 31.7 Å². The van der Waals surface area contributed by atoms with Crippen molar-refractivity contribution in [3.8, 4) is 5.88 Å². The highest BCUT2D eigenvalue weighted by molar-refractivity contribution is 5.99. The second-order valence-corrected chi connectivity index (χ2v) is 12.3. The van der Waals surface area contributed by atoms with Gasteiger partial charge in [-0.3, -0.25) is 4.79 Å². The number of piperidine rings is 1. The van der Waals surface area contributed by atoms with Crippen LogP contribution in [0.3, 0.4) is 0 Å². The molecule has 2 aliphatic heterocycles. The lowest BCUT2D eigenvalue weighted by Crippen LogP contribution is -2.35. The number of rotatable bonds is 11. The van der Waals surface area contributed by atoms with Crippen LogP contribution < -0.4 is 9.64 Å². The Morgan fingerprint density at radius 3 is 2.49 bits per heavy atom. The summed E-state index contributed by atoms with van der Waals surface area (Å²) in [5, 5.41) is 0. The maximum Gasteiger partial charge on any atom is 0.337 e. The highest BCUT2D eigenvalue weighted by atomic mass is 19.1. The number of benzene rings is 2. The van der Waals surface area contributed by atoms with Crippen LogP contribution in [0, 0.1) is 17.7 Å². The SMILES string of the molecule is COC(=O)c1ccc2nc(CC3CCN(c4cccc(OCc5ccc(C(=O)C6CC6)cc5F)n4)CC3)n(C[C@@H]3CCO3)c2c1. The first kappa shape index (κ1) is 29.4. The number of fused-ring (bicyclic) bond motifs is 1. The number of carbonyl (C=O) groups excluding carboxylic acids is 2. The number of esters is 1. The fourth-order valence-corrected chi connectivity index (χ4v) is 6.24. The molecule has 4 heterocycles. The van der Waals surface area contributed by atoms with Crippen LogP contribution in [0.15, 0.2) is 54.6 Å². The summed E-state index contributed by atoms with van der Waals surface area (Å²) in [7, 11) is 1.39. The van der Waals surface area contributed by atoms with Gasteiger partial charge < -0.3 is 23.7 Å². The molecular formula is C35H37FN4O5. The quantitative estimate of drug-likeness (QED) is 0.156. The minimum atomic E-state index is -0.433. The molecule has 2 aromatic carbocycles. The van der Waals surface area contributed by atoms with Gasteiger partial charge in [-0.1, -0.05) is 18.2 Å². The van der Waals surface area contributed by atoms with Gasteiger partial charge in [-0.25, -0.2) is 14.2 Å². The van der Waals surface area contributed by atoms with Gasteiger partial charge in [0.2, 0.25) is 5.88 Å². The molecule has 9 nitrogen and oxygen atoms in total. The Bertz CT molecular complexity index is 1720. The van der Waals surface area contributed by atoms with Crippen molar-refractivity contribution in [2.45, 2.75) is 57.8 Å². The number of methoxy groups -OCH3 is 1.